The van der Waals surface area contributed by atoms with Gasteiger partial charge in [-0.05, 0) is 12.1 Å². The molecule has 98 valence electrons. The minimum Gasteiger partial charge on any atom is -0.389 e. The van der Waals surface area contributed by atoms with Gasteiger partial charge in [-0.15, -0.1) is 0 Å². The zero-order chi connectivity index (χ0) is 14.0. The molecular formula is C12H8F3N3S. The molecule has 2 aromatic rings. The van der Waals surface area contributed by atoms with Crippen LogP contribution in [0.15, 0.2) is 30.5 Å². The molecule has 0 aliphatic carbocycles. The van der Waals surface area contributed by atoms with Crippen LogP contribution in [0.4, 0.5) is 24.7 Å². The topological polar surface area (TPSA) is 50.9 Å². The second-order valence-electron chi connectivity index (χ2n) is 3.68. The van der Waals surface area contributed by atoms with Gasteiger partial charge in [-0.3, -0.25) is 0 Å². The van der Waals surface area contributed by atoms with E-state index in [0.29, 0.717) is 11.4 Å². The number of halogens is 3. The lowest BCUT2D eigenvalue weighted by Gasteiger charge is -2.07. The molecule has 0 unspecified atom stereocenters. The van der Waals surface area contributed by atoms with Gasteiger partial charge in [0, 0.05) is 29.6 Å². The van der Waals surface area contributed by atoms with Crippen LogP contribution in [-0.4, -0.2) is 9.97 Å². The molecule has 1 aromatic heterocycles. The van der Waals surface area contributed by atoms with Gasteiger partial charge in [0.25, 0.3) is 0 Å². The van der Waals surface area contributed by atoms with Gasteiger partial charge in [-0.1, -0.05) is 12.2 Å². The van der Waals surface area contributed by atoms with E-state index in [-0.39, 0.29) is 10.7 Å². The van der Waals surface area contributed by atoms with E-state index in [9.17, 15) is 13.2 Å². The van der Waals surface area contributed by atoms with E-state index in [1.54, 1.807) is 6.07 Å². The predicted molar refractivity (Wildman–Crippen MR) is 69.7 cm³/mol. The number of rotatable bonds is 3. The van der Waals surface area contributed by atoms with Gasteiger partial charge in [0.15, 0.2) is 17.5 Å². The lowest BCUT2D eigenvalue weighted by atomic mass is 10.2. The number of hydrogen-bond donors (Lipinski definition) is 2. The van der Waals surface area contributed by atoms with Crippen LogP contribution in [0, 0.1) is 17.5 Å². The predicted octanol–water partition coefficient (Wildman–Crippen LogP) is 2.88. The number of nitrogens with zero attached hydrogens (tertiary/aromatic N) is 1. The molecule has 0 aliphatic rings. The van der Waals surface area contributed by atoms with Crippen molar-refractivity contribution in [2.75, 3.05) is 5.32 Å². The molecule has 0 saturated heterocycles. The number of pyridine rings is 1. The van der Waals surface area contributed by atoms with Gasteiger partial charge >= 0.3 is 0 Å². The summed E-state index contributed by atoms with van der Waals surface area (Å²) in [5, 5.41) is 2.64. The van der Waals surface area contributed by atoms with Crippen LogP contribution in [0.5, 0.6) is 0 Å². The zero-order valence-corrected chi connectivity index (χ0v) is 10.3. The Hall–Kier alpha value is -2.15. The van der Waals surface area contributed by atoms with Crippen LogP contribution < -0.4 is 11.1 Å². The van der Waals surface area contributed by atoms with Crippen molar-refractivity contribution in [3.63, 3.8) is 0 Å². The summed E-state index contributed by atoms with van der Waals surface area (Å²) in [6, 6.07) is 4.81. The van der Waals surface area contributed by atoms with Gasteiger partial charge in [-0.25, -0.2) is 18.2 Å². The fourth-order valence-electron chi connectivity index (χ4n) is 1.39. The van der Waals surface area contributed by atoms with Gasteiger partial charge in [0.1, 0.15) is 10.8 Å². The maximum absolute atomic E-state index is 13.0. The lowest BCUT2D eigenvalue weighted by Crippen LogP contribution is -2.09. The minimum atomic E-state index is -1.51. The molecule has 2 rings (SSSR count). The molecule has 0 amide bonds. The summed E-state index contributed by atoms with van der Waals surface area (Å²) in [7, 11) is 0. The standard InChI is InChI=1S/C12H8F3N3S/c13-8-3-7(4-9(14)11(8)15)18-10-2-1-6(5-17-10)12(16)19/h1-5H,(H2,16,19)(H,17,18). The second-order valence-corrected chi connectivity index (χ2v) is 4.12. The van der Waals surface area contributed by atoms with Crippen molar-refractivity contribution in [3.05, 3.63) is 53.5 Å². The van der Waals surface area contributed by atoms with E-state index >= 15 is 0 Å². The van der Waals surface area contributed by atoms with E-state index in [2.05, 4.69) is 10.3 Å². The summed E-state index contributed by atoms with van der Waals surface area (Å²) in [4.78, 5) is 4.15. The van der Waals surface area contributed by atoms with Gasteiger partial charge in [0.05, 0.1) is 0 Å². The first-order valence-electron chi connectivity index (χ1n) is 5.15. The highest BCUT2D eigenvalue weighted by molar-refractivity contribution is 7.80. The van der Waals surface area contributed by atoms with Crippen LogP contribution in [0.2, 0.25) is 0 Å². The molecule has 0 bridgehead atoms. The van der Waals surface area contributed by atoms with Crippen LogP contribution in [0.3, 0.4) is 0 Å². The smallest absolute Gasteiger partial charge is 0.194 e. The fourth-order valence-corrected chi connectivity index (χ4v) is 1.51. The monoisotopic (exact) mass is 283 g/mol. The summed E-state index contributed by atoms with van der Waals surface area (Å²) in [5.74, 6) is -3.74. The third-order valence-electron chi connectivity index (χ3n) is 2.30. The Bertz CT molecular complexity index is 606. The normalized spacial score (nSPS) is 10.3. The first-order chi connectivity index (χ1) is 8.97. The molecule has 1 aromatic carbocycles. The summed E-state index contributed by atoms with van der Waals surface area (Å²) in [6.07, 6.45) is 1.42. The quantitative estimate of drug-likeness (QED) is 0.672. The summed E-state index contributed by atoms with van der Waals surface area (Å²) in [6.45, 7) is 0. The third kappa shape index (κ3) is 3.00. The number of thiocarbonyl (C=S) groups is 1. The maximum Gasteiger partial charge on any atom is 0.194 e. The molecule has 7 heteroatoms. The van der Waals surface area contributed by atoms with Crippen molar-refractivity contribution in [2.24, 2.45) is 5.73 Å². The molecule has 0 atom stereocenters. The third-order valence-corrected chi connectivity index (χ3v) is 2.54. The average molecular weight is 283 g/mol. The van der Waals surface area contributed by atoms with Crippen LogP contribution >= 0.6 is 12.2 Å². The second kappa shape index (κ2) is 5.23. The molecule has 1 heterocycles. The SMILES string of the molecule is NC(=S)c1ccc(Nc2cc(F)c(F)c(F)c2)nc1. The number of hydrogen-bond acceptors (Lipinski definition) is 3. The summed E-state index contributed by atoms with van der Waals surface area (Å²) >= 11 is 4.76. The Kier molecular flexibility index (Phi) is 3.66. The Balaban J connectivity index is 2.24. The number of benzene rings is 1. The molecule has 0 aliphatic heterocycles. The van der Waals surface area contributed by atoms with Gasteiger partial charge in [0.2, 0.25) is 0 Å². The maximum atomic E-state index is 13.0. The van der Waals surface area contributed by atoms with Gasteiger partial charge in [-0.2, -0.15) is 0 Å². The molecule has 0 spiro atoms. The van der Waals surface area contributed by atoms with Crippen molar-refractivity contribution in [3.8, 4) is 0 Å². The summed E-state index contributed by atoms with van der Waals surface area (Å²) in [5.41, 5.74) is 6.02. The van der Waals surface area contributed by atoms with Crippen molar-refractivity contribution in [1.82, 2.24) is 4.98 Å². The Morgan fingerprint density at radius 1 is 1.16 bits per heavy atom. The molecule has 0 radical (unpaired) electrons. The highest BCUT2D eigenvalue weighted by atomic mass is 32.1. The Morgan fingerprint density at radius 3 is 2.26 bits per heavy atom. The first kappa shape index (κ1) is 13.3. The molecule has 3 N–H and O–H groups in total. The fraction of sp³-hybridized carbons (Fsp3) is 0. The highest BCUT2D eigenvalue weighted by Crippen LogP contribution is 2.20. The van der Waals surface area contributed by atoms with Crippen molar-refractivity contribution < 1.29 is 13.2 Å². The highest BCUT2D eigenvalue weighted by Gasteiger charge is 2.10. The largest absolute Gasteiger partial charge is 0.389 e. The molecule has 19 heavy (non-hydrogen) atoms. The van der Waals surface area contributed by atoms with Crippen molar-refractivity contribution in [1.29, 1.82) is 0 Å². The van der Waals surface area contributed by atoms with E-state index in [1.165, 1.54) is 12.3 Å². The number of nitrogens with two attached hydrogens (primary N) is 1. The van der Waals surface area contributed by atoms with Crippen molar-refractivity contribution in [2.45, 2.75) is 0 Å². The van der Waals surface area contributed by atoms with Crippen LogP contribution in [-0.2, 0) is 0 Å². The van der Waals surface area contributed by atoms with E-state index in [4.69, 9.17) is 18.0 Å². The lowest BCUT2D eigenvalue weighted by molar-refractivity contribution is 0.448. The van der Waals surface area contributed by atoms with E-state index in [0.717, 1.165) is 12.1 Å². The Labute approximate surface area is 112 Å². The number of nitrogens with one attached hydrogen (secondary N) is 1. The first-order valence-corrected chi connectivity index (χ1v) is 5.55. The summed E-state index contributed by atoms with van der Waals surface area (Å²) < 4.78 is 38.8. The number of anilines is 2. The molecular weight excluding hydrogens is 275 g/mol. The average Bonchev–Trinajstić information content (AvgIpc) is 2.36. The molecule has 0 fully saturated rings. The van der Waals surface area contributed by atoms with Crippen LogP contribution in [0.25, 0.3) is 0 Å². The van der Waals surface area contributed by atoms with Crippen LogP contribution in [0.1, 0.15) is 5.56 Å². The Morgan fingerprint density at radius 2 is 1.79 bits per heavy atom. The number of aromatic nitrogens is 1. The molecule has 3 nitrogen and oxygen atoms in total. The minimum absolute atomic E-state index is 0.0481. The van der Waals surface area contributed by atoms with Gasteiger partial charge < -0.3 is 11.1 Å². The van der Waals surface area contributed by atoms with E-state index < -0.39 is 17.5 Å². The molecule has 0 saturated carbocycles. The van der Waals surface area contributed by atoms with Crippen molar-refractivity contribution >= 4 is 28.7 Å². The zero-order valence-electron chi connectivity index (χ0n) is 9.45. The van der Waals surface area contributed by atoms with E-state index in [1.807, 2.05) is 0 Å².